The molecule has 37 heavy (non-hydrogen) atoms. The molecule has 1 aliphatic heterocycles. The molecule has 0 bridgehead atoms. The SMILES string of the molecule is O=C(O)COc1c(C(=O)O)sc(-c2cccc(NC(C3CCNCC3)S(=O)(=O)c3ccccc3)c2)c1Cl. The normalized spacial score (nSPS) is 15.2. The summed E-state index contributed by atoms with van der Waals surface area (Å²) < 4.78 is 32.5. The van der Waals surface area contributed by atoms with Crippen molar-refractivity contribution in [3.8, 4) is 16.2 Å². The van der Waals surface area contributed by atoms with Crippen LogP contribution in [0.15, 0.2) is 59.5 Å². The van der Waals surface area contributed by atoms with Crippen LogP contribution in [0.3, 0.4) is 0 Å². The Kier molecular flexibility index (Phi) is 8.38. The fourth-order valence-electron chi connectivity index (χ4n) is 4.25. The Morgan fingerprint density at radius 3 is 2.46 bits per heavy atom. The van der Waals surface area contributed by atoms with E-state index in [0.29, 0.717) is 29.0 Å². The molecule has 196 valence electrons. The molecule has 9 nitrogen and oxygen atoms in total. The summed E-state index contributed by atoms with van der Waals surface area (Å²) in [6, 6.07) is 15.2. The highest BCUT2D eigenvalue weighted by atomic mass is 35.5. The van der Waals surface area contributed by atoms with Crippen LogP contribution < -0.4 is 15.4 Å². The van der Waals surface area contributed by atoms with Crippen LogP contribution in [-0.2, 0) is 14.6 Å². The number of carboxylic acid groups (broad SMARTS) is 2. The van der Waals surface area contributed by atoms with E-state index in [1.165, 1.54) is 0 Å². The summed E-state index contributed by atoms with van der Waals surface area (Å²) in [7, 11) is -3.73. The number of carboxylic acids is 2. The Balaban J connectivity index is 1.70. The van der Waals surface area contributed by atoms with E-state index in [9.17, 15) is 23.1 Å². The summed E-state index contributed by atoms with van der Waals surface area (Å²) in [4.78, 5) is 23.0. The number of aliphatic carboxylic acids is 1. The Bertz CT molecular complexity index is 1390. The first-order valence-corrected chi connectivity index (χ1v) is 14.2. The number of ether oxygens (including phenoxy) is 1. The molecule has 0 spiro atoms. The Hall–Kier alpha value is -3.12. The zero-order chi connectivity index (χ0) is 26.6. The van der Waals surface area contributed by atoms with E-state index in [0.717, 1.165) is 24.4 Å². The second-order valence-corrected chi connectivity index (χ2v) is 12.0. The van der Waals surface area contributed by atoms with Crippen molar-refractivity contribution in [3.63, 3.8) is 0 Å². The molecule has 1 saturated heterocycles. The largest absolute Gasteiger partial charge is 0.479 e. The van der Waals surface area contributed by atoms with Crippen LogP contribution in [0.2, 0.25) is 5.02 Å². The zero-order valence-corrected chi connectivity index (χ0v) is 21.9. The van der Waals surface area contributed by atoms with Gasteiger partial charge in [0.05, 0.1) is 9.77 Å². The van der Waals surface area contributed by atoms with Gasteiger partial charge in [0.2, 0.25) is 0 Å². The van der Waals surface area contributed by atoms with E-state index in [-0.39, 0.29) is 26.5 Å². The summed E-state index contributed by atoms with van der Waals surface area (Å²) in [5, 5.41) is 24.1. The minimum absolute atomic E-state index is 0.0207. The van der Waals surface area contributed by atoms with Crippen LogP contribution in [0, 0.1) is 5.92 Å². The molecule has 2 aromatic carbocycles. The van der Waals surface area contributed by atoms with Gasteiger partial charge >= 0.3 is 11.9 Å². The molecule has 0 radical (unpaired) electrons. The van der Waals surface area contributed by atoms with Crippen molar-refractivity contribution < 1.29 is 33.0 Å². The van der Waals surface area contributed by atoms with Crippen LogP contribution in [0.4, 0.5) is 5.69 Å². The molecule has 1 aromatic heterocycles. The summed E-state index contributed by atoms with van der Waals surface area (Å²) in [6.07, 6.45) is 1.37. The van der Waals surface area contributed by atoms with Gasteiger partial charge in [0.1, 0.15) is 10.4 Å². The van der Waals surface area contributed by atoms with Gasteiger partial charge in [0.15, 0.2) is 27.1 Å². The van der Waals surface area contributed by atoms with Crippen molar-refractivity contribution in [3.05, 3.63) is 64.5 Å². The lowest BCUT2D eigenvalue weighted by Crippen LogP contribution is -2.42. The predicted molar refractivity (Wildman–Crippen MR) is 141 cm³/mol. The molecule has 0 saturated carbocycles. The maximum Gasteiger partial charge on any atom is 0.349 e. The molecule has 0 amide bonds. The highest BCUT2D eigenvalue weighted by Crippen LogP contribution is 2.46. The number of hydrogen-bond acceptors (Lipinski definition) is 8. The molecule has 2 heterocycles. The molecule has 1 atom stereocenters. The fraction of sp³-hybridized carbons (Fsp3) is 0.280. The Labute approximate surface area is 223 Å². The third kappa shape index (κ3) is 6.07. The Morgan fingerprint density at radius 2 is 1.81 bits per heavy atom. The maximum absolute atomic E-state index is 13.7. The van der Waals surface area contributed by atoms with Gasteiger partial charge in [-0.25, -0.2) is 18.0 Å². The van der Waals surface area contributed by atoms with Crippen LogP contribution in [0.5, 0.6) is 5.75 Å². The predicted octanol–water partition coefficient (Wildman–Crippen LogP) is 4.44. The molecular formula is C25H25ClN2O7S2. The van der Waals surface area contributed by atoms with Gasteiger partial charge in [0, 0.05) is 5.69 Å². The average Bonchev–Trinajstić information content (AvgIpc) is 3.23. The van der Waals surface area contributed by atoms with Crippen molar-refractivity contribution in [1.82, 2.24) is 5.32 Å². The second-order valence-electron chi connectivity index (χ2n) is 8.48. The van der Waals surface area contributed by atoms with Crippen molar-refractivity contribution in [1.29, 1.82) is 0 Å². The van der Waals surface area contributed by atoms with E-state index in [1.54, 1.807) is 54.6 Å². The van der Waals surface area contributed by atoms with E-state index in [4.69, 9.17) is 21.4 Å². The van der Waals surface area contributed by atoms with Gasteiger partial charge < -0.3 is 25.6 Å². The highest BCUT2D eigenvalue weighted by Gasteiger charge is 2.35. The smallest absolute Gasteiger partial charge is 0.349 e. The molecule has 12 heteroatoms. The number of rotatable bonds is 10. The lowest BCUT2D eigenvalue weighted by Gasteiger charge is -2.31. The van der Waals surface area contributed by atoms with Gasteiger partial charge in [-0.05, 0) is 61.7 Å². The number of carbonyl (C=O) groups is 2. The van der Waals surface area contributed by atoms with Crippen LogP contribution in [0.25, 0.3) is 10.4 Å². The molecule has 3 aromatic rings. The van der Waals surface area contributed by atoms with Crippen molar-refractivity contribution in [2.75, 3.05) is 25.0 Å². The number of aromatic carboxylic acids is 1. The summed E-state index contributed by atoms with van der Waals surface area (Å²) in [5.74, 6) is -2.91. The first kappa shape index (κ1) is 26.9. The lowest BCUT2D eigenvalue weighted by molar-refractivity contribution is -0.139. The topological polar surface area (TPSA) is 142 Å². The number of benzene rings is 2. The molecule has 1 fully saturated rings. The number of sulfone groups is 1. The van der Waals surface area contributed by atoms with Gasteiger partial charge in [-0.2, -0.15) is 0 Å². The van der Waals surface area contributed by atoms with Crippen molar-refractivity contribution in [2.45, 2.75) is 23.1 Å². The van der Waals surface area contributed by atoms with Crippen molar-refractivity contribution >= 4 is 50.4 Å². The second kappa shape index (κ2) is 11.5. The third-order valence-electron chi connectivity index (χ3n) is 5.99. The lowest BCUT2D eigenvalue weighted by atomic mass is 9.97. The number of anilines is 1. The zero-order valence-electron chi connectivity index (χ0n) is 19.5. The average molecular weight is 565 g/mol. The monoisotopic (exact) mass is 564 g/mol. The minimum Gasteiger partial charge on any atom is -0.479 e. The molecular weight excluding hydrogens is 540 g/mol. The molecule has 1 aliphatic rings. The van der Waals surface area contributed by atoms with Gasteiger partial charge in [-0.1, -0.05) is 41.9 Å². The van der Waals surface area contributed by atoms with E-state index in [1.807, 2.05) is 0 Å². The first-order valence-electron chi connectivity index (χ1n) is 11.4. The number of hydrogen-bond donors (Lipinski definition) is 4. The third-order valence-corrected chi connectivity index (χ3v) is 9.78. The summed E-state index contributed by atoms with van der Waals surface area (Å²) in [6.45, 7) is 0.692. The number of thiophene rings is 1. The van der Waals surface area contributed by atoms with Crippen LogP contribution in [0.1, 0.15) is 22.5 Å². The van der Waals surface area contributed by atoms with Gasteiger partial charge in [-0.3, -0.25) is 0 Å². The highest BCUT2D eigenvalue weighted by molar-refractivity contribution is 7.92. The van der Waals surface area contributed by atoms with E-state index >= 15 is 0 Å². The fourth-order valence-corrected chi connectivity index (χ4v) is 7.55. The van der Waals surface area contributed by atoms with E-state index in [2.05, 4.69) is 10.6 Å². The first-order chi connectivity index (χ1) is 17.7. The molecule has 4 N–H and O–H groups in total. The van der Waals surface area contributed by atoms with Crippen LogP contribution in [-0.4, -0.2) is 55.6 Å². The Morgan fingerprint density at radius 1 is 1.11 bits per heavy atom. The standard InChI is InChI=1S/C25H25ClN2O7S2/c26-20-21(35-14-19(29)30)23(25(31)32)36-22(20)16-5-4-6-17(13-16)28-24(15-9-11-27-12-10-15)37(33,34)18-7-2-1-3-8-18/h1-8,13,15,24,27-28H,9-12,14H2,(H,29,30)(H,31,32). The summed E-state index contributed by atoms with van der Waals surface area (Å²) in [5.41, 5.74) is 1.06. The molecule has 0 aliphatic carbocycles. The number of halogens is 1. The van der Waals surface area contributed by atoms with Crippen molar-refractivity contribution in [2.24, 2.45) is 5.92 Å². The van der Waals surface area contributed by atoms with E-state index < -0.39 is 33.8 Å². The number of nitrogens with one attached hydrogen (secondary N) is 2. The van der Waals surface area contributed by atoms with Gasteiger partial charge in [-0.15, -0.1) is 11.3 Å². The number of piperidine rings is 1. The molecule has 1 unspecified atom stereocenters. The maximum atomic E-state index is 13.7. The van der Waals surface area contributed by atoms with Crippen LogP contribution >= 0.6 is 22.9 Å². The quantitative estimate of drug-likeness (QED) is 0.281. The molecule has 4 rings (SSSR count). The minimum atomic E-state index is -3.73. The van der Waals surface area contributed by atoms with Gasteiger partial charge in [0.25, 0.3) is 0 Å². The summed E-state index contributed by atoms with van der Waals surface area (Å²) >= 11 is 7.28.